The summed E-state index contributed by atoms with van der Waals surface area (Å²) in [4.78, 5) is 11.4. The Kier molecular flexibility index (Phi) is 4.01. The van der Waals surface area contributed by atoms with Crippen molar-refractivity contribution in [2.45, 2.75) is 6.54 Å². The minimum absolute atomic E-state index is 0.00617. The van der Waals surface area contributed by atoms with Crippen LogP contribution in [0.3, 0.4) is 0 Å². The molecular formula is C12H8ClF2NO2S. The number of carboxylic acid groups (broad SMARTS) is 1. The second-order valence-corrected chi connectivity index (χ2v) is 5.11. The van der Waals surface area contributed by atoms with Crippen LogP contribution in [-0.2, 0) is 6.54 Å². The number of rotatable bonds is 4. The Morgan fingerprint density at radius 1 is 1.37 bits per heavy atom. The molecule has 0 spiro atoms. The summed E-state index contributed by atoms with van der Waals surface area (Å²) in [6.45, 7) is 0.209. The van der Waals surface area contributed by atoms with Gasteiger partial charge in [-0.3, -0.25) is 0 Å². The third kappa shape index (κ3) is 3.21. The van der Waals surface area contributed by atoms with E-state index in [1.807, 2.05) is 0 Å². The van der Waals surface area contributed by atoms with Crippen LogP contribution in [0.1, 0.15) is 15.2 Å². The quantitative estimate of drug-likeness (QED) is 0.898. The molecular weight excluding hydrogens is 296 g/mol. The highest BCUT2D eigenvalue weighted by Gasteiger charge is 2.11. The topological polar surface area (TPSA) is 49.3 Å². The molecule has 0 bridgehead atoms. The van der Waals surface area contributed by atoms with Gasteiger partial charge in [0.15, 0.2) is 5.82 Å². The summed E-state index contributed by atoms with van der Waals surface area (Å²) in [6.07, 6.45) is 0. The molecule has 0 aliphatic rings. The molecule has 1 aromatic carbocycles. The van der Waals surface area contributed by atoms with E-state index < -0.39 is 17.6 Å². The molecule has 0 radical (unpaired) electrons. The molecule has 1 aromatic heterocycles. The summed E-state index contributed by atoms with van der Waals surface area (Å²) < 4.78 is 26.3. The number of anilines is 1. The lowest BCUT2D eigenvalue weighted by Gasteiger charge is -2.08. The average molecular weight is 304 g/mol. The van der Waals surface area contributed by atoms with Crippen molar-refractivity contribution in [2.75, 3.05) is 5.32 Å². The van der Waals surface area contributed by atoms with Crippen molar-refractivity contribution in [3.8, 4) is 0 Å². The smallest absolute Gasteiger partial charge is 0.336 e. The molecule has 7 heteroatoms. The Bertz CT molecular complexity index is 607. The summed E-state index contributed by atoms with van der Waals surface area (Å²) in [5, 5.41) is 12.9. The molecule has 0 saturated carbocycles. The van der Waals surface area contributed by atoms with Gasteiger partial charge in [0.2, 0.25) is 0 Å². The van der Waals surface area contributed by atoms with Crippen molar-refractivity contribution in [3.05, 3.63) is 50.7 Å². The summed E-state index contributed by atoms with van der Waals surface area (Å²) in [5.41, 5.74) is 0.167. The Morgan fingerprint density at radius 3 is 2.68 bits per heavy atom. The van der Waals surface area contributed by atoms with E-state index in [0.717, 1.165) is 12.1 Å². The predicted octanol–water partition coefficient (Wildman–Crippen LogP) is 3.99. The molecule has 0 atom stereocenters. The van der Waals surface area contributed by atoms with Crippen molar-refractivity contribution in [1.82, 2.24) is 0 Å². The third-order valence-electron chi connectivity index (χ3n) is 2.35. The second-order valence-electron chi connectivity index (χ2n) is 3.70. The lowest BCUT2D eigenvalue weighted by atomic mass is 10.2. The maximum absolute atomic E-state index is 13.5. The van der Waals surface area contributed by atoms with E-state index in [0.29, 0.717) is 4.88 Å². The minimum atomic E-state index is -1.02. The van der Waals surface area contributed by atoms with Gasteiger partial charge < -0.3 is 10.4 Å². The number of thiophene rings is 1. The van der Waals surface area contributed by atoms with Gasteiger partial charge in [-0.25, -0.2) is 13.6 Å². The minimum Gasteiger partial charge on any atom is -0.478 e. The van der Waals surface area contributed by atoms with Gasteiger partial charge in [-0.1, -0.05) is 11.6 Å². The lowest BCUT2D eigenvalue weighted by molar-refractivity contribution is 0.0697. The number of benzene rings is 1. The lowest BCUT2D eigenvalue weighted by Crippen LogP contribution is -2.01. The van der Waals surface area contributed by atoms with Gasteiger partial charge in [-0.2, -0.15) is 0 Å². The molecule has 2 N–H and O–H groups in total. The third-order valence-corrected chi connectivity index (χ3v) is 3.58. The molecule has 0 aliphatic carbocycles. The summed E-state index contributed by atoms with van der Waals surface area (Å²) in [6, 6.07) is 3.21. The normalized spacial score (nSPS) is 10.5. The van der Waals surface area contributed by atoms with E-state index in [2.05, 4.69) is 5.32 Å². The van der Waals surface area contributed by atoms with Crippen LogP contribution in [0.2, 0.25) is 5.02 Å². The zero-order valence-electron chi connectivity index (χ0n) is 9.41. The summed E-state index contributed by atoms with van der Waals surface area (Å²) in [5.74, 6) is -2.56. The molecule has 100 valence electrons. The van der Waals surface area contributed by atoms with Crippen molar-refractivity contribution in [1.29, 1.82) is 0 Å². The zero-order chi connectivity index (χ0) is 14.0. The maximum Gasteiger partial charge on any atom is 0.336 e. The second kappa shape index (κ2) is 5.54. The molecule has 0 aliphatic heterocycles. The number of carboxylic acids is 1. The first kappa shape index (κ1) is 13.8. The van der Waals surface area contributed by atoms with Gasteiger partial charge in [-0.15, -0.1) is 11.3 Å². The Hall–Kier alpha value is -1.66. The summed E-state index contributed by atoms with van der Waals surface area (Å²) in [7, 11) is 0. The van der Waals surface area contributed by atoms with Crippen LogP contribution in [0.5, 0.6) is 0 Å². The Labute approximate surface area is 116 Å². The highest BCUT2D eigenvalue weighted by molar-refractivity contribution is 7.10. The van der Waals surface area contributed by atoms with Crippen LogP contribution in [0, 0.1) is 11.6 Å². The highest BCUT2D eigenvalue weighted by Crippen LogP contribution is 2.27. The summed E-state index contributed by atoms with van der Waals surface area (Å²) >= 11 is 6.95. The molecule has 2 aromatic rings. The van der Waals surface area contributed by atoms with Crippen LogP contribution >= 0.6 is 22.9 Å². The molecule has 0 fully saturated rings. The molecule has 0 unspecified atom stereocenters. The van der Waals surface area contributed by atoms with E-state index in [-0.39, 0.29) is 22.8 Å². The van der Waals surface area contributed by atoms with E-state index in [1.54, 1.807) is 0 Å². The van der Waals surface area contributed by atoms with Crippen LogP contribution in [0.15, 0.2) is 23.6 Å². The van der Waals surface area contributed by atoms with Crippen molar-refractivity contribution in [3.63, 3.8) is 0 Å². The Balaban J connectivity index is 2.12. The van der Waals surface area contributed by atoms with Crippen LogP contribution in [-0.4, -0.2) is 11.1 Å². The van der Waals surface area contributed by atoms with Crippen molar-refractivity contribution in [2.24, 2.45) is 0 Å². The van der Waals surface area contributed by atoms with Gasteiger partial charge in [0.25, 0.3) is 0 Å². The number of hydrogen-bond donors (Lipinski definition) is 2. The SMILES string of the molecule is O=C(O)c1csc(CNc2c(F)cc(F)cc2Cl)c1. The molecule has 0 saturated heterocycles. The van der Waals surface area contributed by atoms with Gasteiger partial charge >= 0.3 is 5.97 Å². The van der Waals surface area contributed by atoms with E-state index >= 15 is 0 Å². The first-order valence-electron chi connectivity index (χ1n) is 5.16. The van der Waals surface area contributed by atoms with Gasteiger partial charge in [0, 0.05) is 22.9 Å². The molecule has 0 amide bonds. The van der Waals surface area contributed by atoms with Gasteiger partial charge in [0.05, 0.1) is 16.3 Å². The Morgan fingerprint density at radius 2 is 2.11 bits per heavy atom. The highest BCUT2D eigenvalue weighted by atomic mass is 35.5. The monoisotopic (exact) mass is 303 g/mol. The number of hydrogen-bond acceptors (Lipinski definition) is 3. The average Bonchev–Trinajstić information content (AvgIpc) is 2.76. The van der Waals surface area contributed by atoms with Crippen molar-refractivity contribution >= 4 is 34.6 Å². The zero-order valence-corrected chi connectivity index (χ0v) is 11.0. The van der Waals surface area contributed by atoms with E-state index in [1.165, 1.54) is 22.8 Å². The fourth-order valence-electron chi connectivity index (χ4n) is 1.47. The maximum atomic E-state index is 13.5. The fourth-order valence-corrected chi connectivity index (χ4v) is 2.53. The number of carbonyl (C=O) groups is 1. The van der Waals surface area contributed by atoms with Gasteiger partial charge in [0.1, 0.15) is 5.82 Å². The van der Waals surface area contributed by atoms with E-state index in [4.69, 9.17) is 16.7 Å². The van der Waals surface area contributed by atoms with Crippen LogP contribution in [0.25, 0.3) is 0 Å². The molecule has 2 rings (SSSR count). The first-order chi connectivity index (χ1) is 8.97. The van der Waals surface area contributed by atoms with Crippen LogP contribution in [0.4, 0.5) is 14.5 Å². The van der Waals surface area contributed by atoms with E-state index in [9.17, 15) is 13.6 Å². The van der Waals surface area contributed by atoms with Gasteiger partial charge in [-0.05, 0) is 12.1 Å². The standard InChI is InChI=1S/C12H8ClF2NO2S/c13-9-2-7(14)3-10(15)11(9)16-4-8-1-6(5-19-8)12(17)18/h1-3,5,16H,4H2,(H,17,18). The first-order valence-corrected chi connectivity index (χ1v) is 6.42. The fraction of sp³-hybridized carbons (Fsp3) is 0.0833. The predicted molar refractivity (Wildman–Crippen MR) is 70.0 cm³/mol. The molecule has 1 heterocycles. The van der Waals surface area contributed by atoms with Crippen LogP contribution < -0.4 is 5.32 Å². The molecule has 3 nitrogen and oxygen atoms in total. The van der Waals surface area contributed by atoms with Crippen molar-refractivity contribution < 1.29 is 18.7 Å². The molecule has 19 heavy (non-hydrogen) atoms. The number of nitrogens with one attached hydrogen (secondary N) is 1. The number of halogens is 3. The largest absolute Gasteiger partial charge is 0.478 e. The number of aromatic carboxylic acids is 1.